The van der Waals surface area contributed by atoms with Gasteiger partial charge in [-0.3, -0.25) is 20.4 Å². The number of hydrogen-bond donors (Lipinski definition) is 2. The monoisotopic (exact) mass is 332 g/mol. The highest BCUT2D eigenvalue weighted by molar-refractivity contribution is 5.91. The molecule has 4 saturated carbocycles. The summed E-state index contributed by atoms with van der Waals surface area (Å²) < 4.78 is 5.31. The molecule has 5 rings (SSSR count). The first-order valence-electron chi connectivity index (χ1n) is 9.44. The predicted molar refractivity (Wildman–Crippen MR) is 89.6 cm³/mol. The highest BCUT2D eigenvalue weighted by Crippen LogP contribution is 2.62. The molecule has 1 aliphatic heterocycles. The molecule has 2 N–H and O–H groups in total. The fourth-order valence-corrected chi connectivity index (χ4v) is 5.97. The summed E-state index contributed by atoms with van der Waals surface area (Å²) in [6.45, 7) is 2.73. The Morgan fingerprint density at radius 1 is 1.04 bits per heavy atom. The minimum Gasteiger partial charge on any atom is -0.368 e. The molecule has 132 valence electrons. The zero-order chi connectivity index (χ0) is 16.7. The molecule has 1 saturated heterocycles. The minimum absolute atomic E-state index is 0.227. The zero-order valence-electron chi connectivity index (χ0n) is 14.5. The van der Waals surface area contributed by atoms with Crippen LogP contribution >= 0.6 is 0 Å². The van der Waals surface area contributed by atoms with Crippen LogP contribution in [0.25, 0.3) is 0 Å². The molecule has 0 aromatic rings. The number of carbonyl (C=O) groups excluding carboxylic acids is 2. The summed E-state index contributed by atoms with van der Waals surface area (Å²) in [6.07, 6.45) is 10.9. The van der Waals surface area contributed by atoms with Crippen LogP contribution in [-0.4, -0.2) is 24.5 Å². The first-order valence-corrected chi connectivity index (χ1v) is 9.44. The molecule has 0 aromatic heterocycles. The average Bonchev–Trinajstić information content (AvgIpc) is 3.05. The number of nitrogens with one attached hydrogen (secondary N) is 2. The van der Waals surface area contributed by atoms with Crippen LogP contribution in [0.3, 0.4) is 0 Å². The Hall–Kier alpha value is -1.36. The van der Waals surface area contributed by atoms with Crippen molar-refractivity contribution < 1.29 is 14.3 Å². The van der Waals surface area contributed by atoms with Gasteiger partial charge in [0, 0.05) is 12.7 Å². The smallest absolute Gasteiger partial charge is 0.267 e. The first-order chi connectivity index (χ1) is 11.5. The molecule has 4 bridgehead atoms. The maximum Gasteiger partial charge on any atom is 0.267 e. The van der Waals surface area contributed by atoms with E-state index in [1.54, 1.807) is 6.08 Å². The minimum atomic E-state index is -0.418. The first kappa shape index (κ1) is 16.1. The van der Waals surface area contributed by atoms with Crippen molar-refractivity contribution in [3.8, 4) is 0 Å². The van der Waals surface area contributed by atoms with E-state index < -0.39 is 6.10 Å². The summed E-state index contributed by atoms with van der Waals surface area (Å²) in [5.74, 6) is 2.11. The third-order valence-corrected chi connectivity index (χ3v) is 6.75. The lowest BCUT2D eigenvalue weighted by atomic mass is 9.48. The Morgan fingerprint density at radius 2 is 1.67 bits per heavy atom. The van der Waals surface area contributed by atoms with Crippen molar-refractivity contribution >= 4 is 11.8 Å². The van der Waals surface area contributed by atoms with E-state index in [1.165, 1.54) is 44.1 Å². The van der Waals surface area contributed by atoms with Crippen molar-refractivity contribution in [1.29, 1.82) is 0 Å². The van der Waals surface area contributed by atoms with Crippen molar-refractivity contribution in [1.82, 2.24) is 10.9 Å². The van der Waals surface area contributed by atoms with Crippen LogP contribution < -0.4 is 10.9 Å². The molecule has 0 spiro atoms. The van der Waals surface area contributed by atoms with E-state index in [9.17, 15) is 9.59 Å². The summed E-state index contributed by atoms with van der Waals surface area (Å²) in [6, 6.07) is 0. The second kappa shape index (κ2) is 6.17. The molecular weight excluding hydrogens is 304 g/mol. The maximum atomic E-state index is 12.2. The van der Waals surface area contributed by atoms with E-state index >= 15 is 0 Å². The number of hydrogen-bond acceptors (Lipinski definition) is 3. The van der Waals surface area contributed by atoms with Gasteiger partial charge in [-0.1, -0.05) is 5.57 Å². The Morgan fingerprint density at radius 3 is 2.21 bits per heavy atom. The topological polar surface area (TPSA) is 67.4 Å². The number of amides is 2. The molecule has 24 heavy (non-hydrogen) atoms. The van der Waals surface area contributed by atoms with Gasteiger partial charge in [0.05, 0.1) is 0 Å². The van der Waals surface area contributed by atoms with Gasteiger partial charge >= 0.3 is 0 Å². The maximum absolute atomic E-state index is 12.2. The van der Waals surface area contributed by atoms with E-state index in [-0.39, 0.29) is 17.2 Å². The number of rotatable bonds is 3. The molecule has 5 nitrogen and oxygen atoms in total. The third kappa shape index (κ3) is 2.99. The molecule has 0 unspecified atom stereocenters. The van der Waals surface area contributed by atoms with Crippen LogP contribution in [0.15, 0.2) is 11.6 Å². The van der Waals surface area contributed by atoms with Crippen molar-refractivity contribution in [2.24, 2.45) is 23.2 Å². The van der Waals surface area contributed by atoms with Crippen molar-refractivity contribution in [2.45, 2.75) is 64.4 Å². The Labute approximate surface area is 143 Å². The molecule has 0 radical (unpaired) electrons. The number of allylic oxidation sites excluding steroid dienone is 1. The predicted octanol–water partition coefficient (Wildman–Crippen LogP) is 2.48. The van der Waals surface area contributed by atoms with E-state index in [4.69, 9.17) is 4.74 Å². The summed E-state index contributed by atoms with van der Waals surface area (Å²) in [5.41, 5.74) is 6.46. The Balaban J connectivity index is 1.36. The summed E-state index contributed by atoms with van der Waals surface area (Å²) in [7, 11) is 0. The van der Waals surface area contributed by atoms with Crippen LogP contribution in [0.2, 0.25) is 0 Å². The average molecular weight is 332 g/mol. The second-order valence-corrected chi connectivity index (χ2v) is 8.51. The standard InChI is InChI=1S/C19H28N2O3/c1-12(5-17(22)20-21-18(23)16-3-2-4-24-16)19-9-13-6-14(10-19)8-15(7-13)11-19/h5,13-16H,2-4,6-11H2,1H3,(H,20,22)(H,21,23)/b12-5+/t13?,14?,15?,16-,19?/m0/s1. The molecule has 5 aliphatic rings. The Kier molecular flexibility index (Phi) is 4.15. The number of carbonyl (C=O) groups is 2. The van der Waals surface area contributed by atoms with Crippen molar-refractivity contribution in [3.63, 3.8) is 0 Å². The van der Waals surface area contributed by atoms with Gasteiger partial charge in [0.25, 0.3) is 11.8 Å². The number of ether oxygens (including phenoxy) is 1. The summed E-state index contributed by atoms with van der Waals surface area (Å²) in [4.78, 5) is 24.1. The van der Waals surface area contributed by atoms with Crippen LogP contribution in [0.4, 0.5) is 0 Å². The Bertz CT molecular complexity index is 528. The van der Waals surface area contributed by atoms with Gasteiger partial charge in [0.2, 0.25) is 0 Å². The molecule has 1 atom stereocenters. The lowest BCUT2D eigenvalue weighted by Gasteiger charge is -2.57. The fraction of sp³-hybridized carbons (Fsp3) is 0.789. The lowest BCUT2D eigenvalue weighted by molar-refractivity contribution is -0.133. The number of hydrazine groups is 1. The molecule has 5 heteroatoms. The summed E-state index contributed by atoms with van der Waals surface area (Å²) >= 11 is 0. The zero-order valence-corrected chi connectivity index (χ0v) is 14.5. The summed E-state index contributed by atoms with van der Waals surface area (Å²) in [5, 5.41) is 0. The normalized spacial score (nSPS) is 40.6. The van der Waals surface area contributed by atoms with Crippen molar-refractivity contribution in [2.75, 3.05) is 6.61 Å². The van der Waals surface area contributed by atoms with Gasteiger partial charge in [-0.25, -0.2) is 0 Å². The SMILES string of the molecule is C/C(=C\C(=O)NNC(=O)[C@@H]1CCCO1)C12CC3CC(CC(C3)C1)C2. The van der Waals surface area contributed by atoms with Crippen LogP contribution in [-0.2, 0) is 14.3 Å². The van der Waals surface area contributed by atoms with Gasteiger partial charge in [-0.2, -0.15) is 0 Å². The van der Waals surface area contributed by atoms with Gasteiger partial charge in [-0.15, -0.1) is 0 Å². The van der Waals surface area contributed by atoms with Crippen molar-refractivity contribution in [3.05, 3.63) is 11.6 Å². The van der Waals surface area contributed by atoms with Gasteiger partial charge in [0.15, 0.2) is 0 Å². The molecule has 2 amide bonds. The second-order valence-electron chi connectivity index (χ2n) is 8.51. The van der Waals surface area contributed by atoms with Gasteiger partial charge in [0.1, 0.15) is 6.10 Å². The lowest BCUT2D eigenvalue weighted by Crippen LogP contribution is -2.48. The molecule has 1 heterocycles. The van der Waals surface area contributed by atoms with E-state index in [0.29, 0.717) is 6.61 Å². The van der Waals surface area contributed by atoms with Crippen LogP contribution in [0.1, 0.15) is 58.3 Å². The van der Waals surface area contributed by atoms with Gasteiger partial charge < -0.3 is 4.74 Å². The molecular formula is C19H28N2O3. The molecule has 5 fully saturated rings. The van der Waals surface area contributed by atoms with Crippen LogP contribution in [0, 0.1) is 23.2 Å². The highest BCUT2D eigenvalue weighted by atomic mass is 16.5. The van der Waals surface area contributed by atoms with Gasteiger partial charge in [-0.05, 0) is 81.5 Å². The molecule has 4 aliphatic carbocycles. The fourth-order valence-electron chi connectivity index (χ4n) is 5.97. The van der Waals surface area contributed by atoms with E-state index in [2.05, 4.69) is 17.8 Å². The highest BCUT2D eigenvalue weighted by Gasteiger charge is 2.51. The largest absolute Gasteiger partial charge is 0.368 e. The van der Waals surface area contributed by atoms with E-state index in [1.807, 2.05) is 0 Å². The quantitative estimate of drug-likeness (QED) is 0.616. The van der Waals surface area contributed by atoms with Crippen LogP contribution in [0.5, 0.6) is 0 Å². The molecule has 0 aromatic carbocycles. The van der Waals surface area contributed by atoms with E-state index in [0.717, 1.165) is 30.6 Å². The third-order valence-electron chi connectivity index (χ3n) is 6.75.